The largest absolute Gasteiger partial charge is 0.394 e. The van der Waals surface area contributed by atoms with Crippen molar-refractivity contribution in [2.45, 2.75) is 63.8 Å². The third-order valence-electron chi connectivity index (χ3n) is 4.60. The molecule has 0 spiro atoms. The van der Waals surface area contributed by atoms with Crippen LogP contribution >= 0.6 is 0 Å². The minimum absolute atomic E-state index is 0.0320. The molecule has 1 aromatic carbocycles. The van der Waals surface area contributed by atoms with Crippen LogP contribution in [0.25, 0.3) is 0 Å². The number of nitrogens with one attached hydrogen (secondary N) is 1. The highest BCUT2D eigenvalue weighted by molar-refractivity contribution is 6.88. The number of aliphatic hydroxyl groups is 1. The van der Waals surface area contributed by atoms with Crippen molar-refractivity contribution in [3.63, 3.8) is 0 Å². The van der Waals surface area contributed by atoms with E-state index < -0.39 is 8.07 Å². The van der Waals surface area contributed by atoms with Crippen molar-refractivity contribution in [3.05, 3.63) is 29.8 Å². The van der Waals surface area contributed by atoms with Crippen LogP contribution < -0.4 is 10.5 Å². The molecule has 1 aliphatic carbocycles. The van der Waals surface area contributed by atoms with Gasteiger partial charge in [-0.15, -0.1) is 0 Å². The molecular weight excluding hydrogens is 262 g/mol. The Labute approximate surface area is 124 Å². The fraction of sp³-hybridized carbons (Fsp3) is 0.647. The smallest absolute Gasteiger partial charge is 0.0775 e. The van der Waals surface area contributed by atoms with Gasteiger partial charge in [-0.25, -0.2) is 0 Å². The fourth-order valence-electron chi connectivity index (χ4n) is 3.03. The van der Waals surface area contributed by atoms with Crippen LogP contribution in [0.15, 0.2) is 24.3 Å². The van der Waals surface area contributed by atoms with Crippen LogP contribution in [0.4, 0.5) is 0 Å². The van der Waals surface area contributed by atoms with Gasteiger partial charge in [0.05, 0.1) is 14.7 Å². The maximum Gasteiger partial charge on any atom is 0.0775 e. The van der Waals surface area contributed by atoms with E-state index in [0.717, 1.165) is 19.4 Å². The van der Waals surface area contributed by atoms with Gasteiger partial charge in [-0.3, -0.25) is 0 Å². The molecule has 112 valence electrons. The standard InChI is InChI=1S/C17H29NOSi/c1-20(2,3)16-9-7-15(8-10-16)13-18-17(14-19)11-5-4-6-12-17/h7-10,18-19H,4-6,11-14H2,1-3H3. The molecule has 1 fully saturated rings. The summed E-state index contributed by atoms with van der Waals surface area (Å²) >= 11 is 0. The van der Waals surface area contributed by atoms with Gasteiger partial charge in [0.15, 0.2) is 0 Å². The van der Waals surface area contributed by atoms with Gasteiger partial charge in [-0.1, -0.05) is 68.4 Å². The lowest BCUT2D eigenvalue weighted by Gasteiger charge is -2.36. The van der Waals surface area contributed by atoms with Crippen molar-refractivity contribution in [2.24, 2.45) is 0 Å². The maximum absolute atomic E-state index is 9.71. The molecule has 0 saturated heterocycles. The summed E-state index contributed by atoms with van der Waals surface area (Å²) in [6.45, 7) is 8.27. The molecule has 1 aliphatic rings. The minimum atomic E-state index is -1.19. The Balaban J connectivity index is 1.96. The van der Waals surface area contributed by atoms with E-state index in [-0.39, 0.29) is 12.1 Å². The quantitative estimate of drug-likeness (QED) is 0.817. The van der Waals surface area contributed by atoms with E-state index in [2.05, 4.69) is 49.2 Å². The molecule has 3 heteroatoms. The lowest BCUT2D eigenvalue weighted by Crippen LogP contribution is -2.49. The van der Waals surface area contributed by atoms with E-state index in [1.165, 1.54) is 30.0 Å². The molecule has 2 N–H and O–H groups in total. The van der Waals surface area contributed by atoms with Gasteiger partial charge in [0.25, 0.3) is 0 Å². The summed E-state index contributed by atoms with van der Waals surface area (Å²) in [4.78, 5) is 0. The topological polar surface area (TPSA) is 32.3 Å². The molecule has 0 aliphatic heterocycles. The Morgan fingerprint density at radius 1 is 1.05 bits per heavy atom. The number of rotatable bonds is 5. The molecule has 2 rings (SSSR count). The van der Waals surface area contributed by atoms with Crippen LogP contribution in [0.1, 0.15) is 37.7 Å². The van der Waals surface area contributed by atoms with E-state index in [1.54, 1.807) is 0 Å². The number of hydrogen-bond acceptors (Lipinski definition) is 2. The van der Waals surface area contributed by atoms with Gasteiger partial charge in [0, 0.05) is 12.1 Å². The molecule has 20 heavy (non-hydrogen) atoms. The van der Waals surface area contributed by atoms with E-state index >= 15 is 0 Å². The highest BCUT2D eigenvalue weighted by Gasteiger charge is 2.30. The fourth-order valence-corrected chi connectivity index (χ4v) is 4.20. The lowest BCUT2D eigenvalue weighted by atomic mass is 9.82. The normalized spacial score (nSPS) is 19.0. The lowest BCUT2D eigenvalue weighted by molar-refractivity contribution is 0.119. The van der Waals surface area contributed by atoms with Crippen LogP contribution in [-0.4, -0.2) is 25.3 Å². The first-order valence-electron chi connectivity index (χ1n) is 7.91. The van der Waals surface area contributed by atoms with E-state index in [1.807, 2.05) is 0 Å². The monoisotopic (exact) mass is 291 g/mol. The summed E-state index contributed by atoms with van der Waals surface area (Å²) in [7, 11) is -1.19. The van der Waals surface area contributed by atoms with Gasteiger partial charge >= 0.3 is 0 Å². The summed E-state index contributed by atoms with van der Waals surface area (Å²) < 4.78 is 0. The Morgan fingerprint density at radius 3 is 2.15 bits per heavy atom. The summed E-state index contributed by atoms with van der Waals surface area (Å²) in [5, 5.41) is 14.8. The zero-order valence-electron chi connectivity index (χ0n) is 13.2. The van der Waals surface area contributed by atoms with Gasteiger partial charge in [-0.2, -0.15) is 0 Å². The average molecular weight is 292 g/mol. The molecule has 1 aromatic rings. The number of benzene rings is 1. The molecule has 0 amide bonds. The van der Waals surface area contributed by atoms with Gasteiger partial charge in [0.1, 0.15) is 0 Å². The van der Waals surface area contributed by atoms with Gasteiger partial charge in [0.2, 0.25) is 0 Å². The highest BCUT2D eigenvalue weighted by atomic mass is 28.3. The van der Waals surface area contributed by atoms with E-state index in [0.29, 0.717) is 0 Å². The Morgan fingerprint density at radius 2 is 1.65 bits per heavy atom. The predicted octanol–water partition coefficient (Wildman–Crippen LogP) is 3.02. The van der Waals surface area contributed by atoms with Gasteiger partial charge in [-0.05, 0) is 18.4 Å². The molecule has 0 unspecified atom stereocenters. The Kier molecular flexibility index (Phi) is 5.05. The SMILES string of the molecule is C[Si](C)(C)c1ccc(CNC2(CO)CCCCC2)cc1. The zero-order valence-corrected chi connectivity index (χ0v) is 14.2. The summed E-state index contributed by atoms with van der Waals surface area (Å²) in [5.74, 6) is 0. The van der Waals surface area contributed by atoms with Crippen molar-refractivity contribution < 1.29 is 5.11 Å². The molecule has 0 heterocycles. The Bertz CT molecular complexity index is 416. The van der Waals surface area contributed by atoms with Crippen LogP contribution in [0, 0.1) is 0 Å². The van der Waals surface area contributed by atoms with Crippen LogP contribution in [-0.2, 0) is 6.54 Å². The minimum Gasteiger partial charge on any atom is -0.394 e. The summed E-state index contributed by atoms with van der Waals surface area (Å²) in [6.07, 6.45) is 6.01. The van der Waals surface area contributed by atoms with Crippen molar-refractivity contribution in [3.8, 4) is 0 Å². The third kappa shape index (κ3) is 3.93. The first-order valence-corrected chi connectivity index (χ1v) is 11.4. The molecule has 0 atom stereocenters. The Hall–Kier alpha value is -0.643. The van der Waals surface area contributed by atoms with Crippen molar-refractivity contribution in [1.82, 2.24) is 5.32 Å². The van der Waals surface area contributed by atoms with Crippen molar-refractivity contribution >= 4 is 13.3 Å². The highest BCUT2D eigenvalue weighted by Crippen LogP contribution is 2.28. The second-order valence-electron chi connectivity index (χ2n) is 7.30. The molecule has 1 saturated carbocycles. The van der Waals surface area contributed by atoms with E-state index in [9.17, 15) is 5.11 Å². The first kappa shape index (κ1) is 15.7. The number of hydrogen-bond donors (Lipinski definition) is 2. The van der Waals surface area contributed by atoms with Crippen LogP contribution in [0.2, 0.25) is 19.6 Å². The number of aliphatic hydroxyl groups excluding tert-OH is 1. The van der Waals surface area contributed by atoms with Crippen molar-refractivity contribution in [1.29, 1.82) is 0 Å². The average Bonchev–Trinajstić information content (AvgIpc) is 2.46. The second-order valence-corrected chi connectivity index (χ2v) is 12.4. The molecular formula is C17H29NOSi. The second kappa shape index (κ2) is 6.42. The first-order chi connectivity index (χ1) is 9.45. The molecule has 0 aromatic heterocycles. The van der Waals surface area contributed by atoms with Crippen LogP contribution in [0.3, 0.4) is 0 Å². The predicted molar refractivity (Wildman–Crippen MR) is 89.2 cm³/mol. The molecule has 0 bridgehead atoms. The van der Waals surface area contributed by atoms with Crippen molar-refractivity contribution in [2.75, 3.05) is 6.61 Å². The van der Waals surface area contributed by atoms with Gasteiger partial charge < -0.3 is 10.4 Å². The zero-order chi connectivity index (χ0) is 14.6. The third-order valence-corrected chi connectivity index (χ3v) is 6.67. The maximum atomic E-state index is 9.71. The molecule has 2 nitrogen and oxygen atoms in total. The van der Waals surface area contributed by atoms with Crippen LogP contribution in [0.5, 0.6) is 0 Å². The summed E-state index contributed by atoms with van der Waals surface area (Å²) in [6, 6.07) is 9.06. The molecule has 0 radical (unpaired) electrons. The van der Waals surface area contributed by atoms with E-state index in [4.69, 9.17) is 0 Å². The summed E-state index contributed by atoms with van der Waals surface area (Å²) in [5.41, 5.74) is 1.29.